The van der Waals surface area contributed by atoms with Crippen molar-refractivity contribution in [2.45, 2.75) is 31.0 Å². The summed E-state index contributed by atoms with van der Waals surface area (Å²) in [5, 5.41) is 11.8. The van der Waals surface area contributed by atoms with Gasteiger partial charge in [-0.2, -0.15) is 13.2 Å². The zero-order valence-electron chi connectivity index (χ0n) is 17.8. The standard InChI is InChI=1S/C23H21Cl2F3N2O3/c1-29(2)20(31)13-8-16(23(26,27)28)19-18(9-13)30(11-12-4-3-5-12)21(32)22(19,33)15-7-6-14(24)10-17(15)25/h6-10,12,33H,3-5,11H2,1-2H3. The van der Waals surface area contributed by atoms with E-state index < -0.39 is 34.7 Å². The van der Waals surface area contributed by atoms with E-state index in [9.17, 15) is 27.9 Å². The molecule has 2 aromatic carbocycles. The molecule has 2 amide bonds. The first-order valence-corrected chi connectivity index (χ1v) is 11.1. The van der Waals surface area contributed by atoms with E-state index >= 15 is 0 Å². The molecule has 0 aromatic heterocycles. The Morgan fingerprint density at radius 3 is 2.39 bits per heavy atom. The van der Waals surface area contributed by atoms with Crippen LogP contribution < -0.4 is 4.90 Å². The molecule has 5 nitrogen and oxygen atoms in total. The smallest absolute Gasteiger partial charge is 0.372 e. The Labute approximate surface area is 198 Å². The van der Waals surface area contributed by atoms with E-state index in [2.05, 4.69) is 0 Å². The molecule has 176 valence electrons. The zero-order valence-corrected chi connectivity index (χ0v) is 19.4. The van der Waals surface area contributed by atoms with Crippen LogP contribution >= 0.6 is 23.2 Å². The number of anilines is 1. The predicted molar refractivity (Wildman–Crippen MR) is 119 cm³/mol. The summed E-state index contributed by atoms with van der Waals surface area (Å²) in [6.45, 7) is 0.135. The van der Waals surface area contributed by atoms with Crippen molar-refractivity contribution in [3.8, 4) is 0 Å². The summed E-state index contributed by atoms with van der Waals surface area (Å²) in [5.74, 6) is -1.50. The number of halogens is 5. The molecule has 33 heavy (non-hydrogen) atoms. The van der Waals surface area contributed by atoms with Gasteiger partial charge in [-0.3, -0.25) is 9.59 Å². The third kappa shape index (κ3) is 3.88. The maximum absolute atomic E-state index is 14.3. The minimum atomic E-state index is -4.95. The Bertz CT molecular complexity index is 1150. The molecule has 0 saturated heterocycles. The zero-order chi connectivity index (χ0) is 24.3. The number of aliphatic hydroxyl groups is 1. The fourth-order valence-electron chi connectivity index (χ4n) is 4.38. The predicted octanol–water partition coefficient (Wildman–Crippen LogP) is 5.10. The number of amides is 2. The highest BCUT2D eigenvalue weighted by atomic mass is 35.5. The molecule has 1 unspecified atom stereocenters. The van der Waals surface area contributed by atoms with Crippen LogP contribution in [0.1, 0.15) is 46.3 Å². The van der Waals surface area contributed by atoms with Crippen molar-refractivity contribution in [2.24, 2.45) is 5.92 Å². The minimum Gasteiger partial charge on any atom is -0.372 e. The van der Waals surface area contributed by atoms with E-state index in [0.29, 0.717) is 6.07 Å². The summed E-state index contributed by atoms with van der Waals surface area (Å²) in [4.78, 5) is 28.5. The molecule has 0 bridgehead atoms. The van der Waals surface area contributed by atoms with Crippen molar-refractivity contribution in [1.29, 1.82) is 0 Å². The lowest BCUT2D eigenvalue weighted by molar-refractivity contribution is -0.142. The summed E-state index contributed by atoms with van der Waals surface area (Å²) in [6, 6.07) is 5.77. The number of carbonyl (C=O) groups excluding carboxylic acids is 2. The molecule has 1 saturated carbocycles. The molecule has 10 heteroatoms. The minimum absolute atomic E-state index is 0.0902. The molecule has 1 atom stereocenters. The second-order valence-corrected chi connectivity index (χ2v) is 9.51. The van der Waals surface area contributed by atoms with E-state index in [1.165, 1.54) is 38.4 Å². The third-order valence-corrected chi connectivity index (χ3v) is 6.82. The second-order valence-electron chi connectivity index (χ2n) is 8.66. The van der Waals surface area contributed by atoms with Gasteiger partial charge in [-0.05, 0) is 43.0 Å². The van der Waals surface area contributed by atoms with Crippen LogP contribution in [0.3, 0.4) is 0 Å². The summed E-state index contributed by atoms with van der Waals surface area (Å²) < 4.78 is 42.9. The number of fused-ring (bicyclic) bond motifs is 1. The molecule has 1 N–H and O–H groups in total. The summed E-state index contributed by atoms with van der Waals surface area (Å²) in [6.07, 6.45) is -2.35. The van der Waals surface area contributed by atoms with E-state index in [1.54, 1.807) is 0 Å². The van der Waals surface area contributed by atoms with Gasteiger partial charge in [0, 0.05) is 47.4 Å². The van der Waals surface area contributed by atoms with Gasteiger partial charge in [0.2, 0.25) is 0 Å². The highest BCUT2D eigenvalue weighted by molar-refractivity contribution is 6.35. The number of hydrogen-bond donors (Lipinski definition) is 1. The first-order chi connectivity index (χ1) is 15.4. The Kier molecular flexibility index (Phi) is 5.91. The normalized spacial score (nSPS) is 20.6. The fourth-order valence-corrected chi connectivity index (χ4v) is 4.93. The summed E-state index contributed by atoms with van der Waals surface area (Å²) in [7, 11) is 2.84. The Morgan fingerprint density at radius 2 is 1.88 bits per heavy atom. The number of rotatable bonds is 4. The molecule has 1 fully saturated rings. The monoisotopic (exact) mass is 500 g/mol. The van der Waals surface area contributed by atoms with Gasteiger partial charge in [0.15, 0.2) is 5.60 Å². The molecule has 0 spiro atoms. The maximum atomic E-state index is 14.3. The first-order valence-electron chi connectivity index (χ1n) is 10.3. The average molecular weight is 501 g/mol. The highest BCUT2D eigenvalue weighted by Gasteiger charge is 2.57. The topological polar surface area (TPSA) is 60.9 Å². The van der Waals surface area contributed by atoms with Gasteiger partial charge in [0.05, 0.1) is 11.3 Å². The second kappa shape index (κ2) is 8.18. The quantitative estimate of drug-likeness (QED) is 0.635. The van der Waals surface area contributed by atoms with Gasteiger partial charge in [0.25, 0.3) is 11.8 Å². The lowest BCUT2D eigenvalue weighted by Crippen LogP contribution is -2.44. The van der Waals surface area contributed by atoms with Crippen molar-refractivity contribution in [1.82, 2.24) is 4.90 Å². The molecule has 4 rings (SSSR count). The average Bonchev–Trinajstić information content (AvgIpc) is 2.90. The number of carbonyl (C=O) groups is 2. The van der Waals surface area contributed by atoms with E-state index in [0.717, 1.165) is 29.1 Å². The van der Waals surface area contributed by atoms with Crippen molar-refractivity contribution in [3.05, 3.63) is 62.6 Å². The van der Waals surface area contributed by atoms with Crippen molar-refractivity contribution >= 4 is 40.7 Å². The Balaban J connectivity index is 2.03. The first kappa shape index (κ1) is 23.9. The van der Waals surface area contributed by atoms with Gasteiger partial charge in [-0.1, -0.05) is 35.7 Å². The fraction of sp³-hybridized carbons (Fsp3) is 0.391. The molecule has 2 aliphatic rings. The summed E-state index contributed by atoms with van der Waals surface area (Å²) >= 11 is 12.2. The molecule has 2 aromatic rings. The molecule has 0 radical (unpaired) electrons. The van der Waals surface area contributed by atoms with Crippen LogP contribution in [0, 0.1) is 5.92 Å². The lowest BCUT2D eigenvalue weighted by Gasteiger charge is -2.31. The van der Waals surface area contributed by atoms with Crippen LogP contribution in [-0.4, -0.2) is 42.5 Å². The van der Waals surface area contributed by atoms with E-state index in [-0.39, 0.29) is 39.3 Å². The van der Waals surface area contributed by atoms with Crippen LogP contribution in [0.25, 0.3) is 0 Å². The Hall–Kier alpha value is -2.29. The van der Waals surface area contributed by atoms with Gasteiger partial charge in [-0.15, -0.1) is 0 Å². The largest absolute Gasteiger partial charge is 0.416 e. The van der Waals surface area contributed by atoms with Crippen LogP contribution in [0.5, 0.6) is 0 Å². The number of benzene rings is 2. The molecular formula is C23H21Cl2F3N2O3. The number of hydrogen-bond acceptors (Lipinski definition) is 3. The highest BCUT2D eigenvalue weighted by Crippen LogP contribution is 2.52. The lowest BCUT2D eigenvalue weighted by atomic mass is 9.83. The van der Waals surface area contributed by atoms with Gasteiger partial charge >= 0.3 is 6.18 Å². The molecule has 1 heterocycles. The SMILES string of the molecule is CN(C)C(=O)c1cc2c(c(C(F)(F)F)c1)C(O)(c1ccc(Cl)cc1Cl)C(=O)N2CC1CCC1. The van der Waals surface area contributed by atoms with Crippen LogP contribution in [0.4, 0.5) is 18.9 Å². The van der Waals surface area contributed by atoms with Crippen molar-refractivity contribution < 1.29 is 27.9 Å². The van der Waals surface area contributed by atoms with E-state index in [1.807, 2.05) is 0 Å². The third-order valence-electron chi connectivity index (χ3n) is 6.27. The molecular weight excluding hydrogens is 480 g/mol. The van der Waals surface area contributed by atoms with E-state index in [4.69, 9.17) is 23.2 Å². The molecule has 1 aliphatic heterocycles. The number of alkyl halides is 3. The molecule has 1 aliphatic carbocycles. The van der Waals surface area contributed by atoms with Gasteiger partial charge in [0.1, 0.15) is 0 Å². The van der Waals surface area contributed by atoms with Crippen molar-refractivity contribution in [2.75, 3.05) is 25.5 Å². The van der Waals surface area contributed by atoms with Crippen molar-refractivity contribution in [3.63, 3.8) is 0 Å². The number of nitrogens with zero attached hydrogens (tertiary/aromatic N) is 2. The van der Waals surface area contributed by atoms with Crippen LogP contribution in [0.2, 0.25) is 10.0 Å². The maximum Gasteiger partial charge on any atom is 0.416 e. The Morgan fingerprint density at radius 1 is 1.21 bits per heavy atom. The van der Waals surface area contributed by atoms with Gasteiger partial charge < -0.3 is 14.9 Å². The summed E-state index contributed by atoms with van der Waals surface area (Å²) in [5.41, 5.74) is -5.15. The van der Waals surface area contributed by atoms with Crippen LogP contribution in [-0.2, 0) is 16.6 Å². The van der Waals surface area contributed by atoms with Gasteiger partial charge in [-0.25, -0.2) is 0 Å². The van der Waals surface area contributed by atoms with Crippen LogP contribution in [0.15, 0.2) is 30.3 Å².